The number of amides is 1. The lowest BCUT2D eigenvalue weighted by Crippen LogP contribution is -2.46. The van der Waals surface area contributed by atoms with Gasteiger partial charge < -0.3 is 14.6 Å². The van der Waals surface area contributed by atoms with E-state index in [1.54, 1.807) is 30.5 Å². The van der Waals surface area contributed by atoms with Gasteiger partial charge in [0, 0.05) is 38.2 Å². The molecule has 1 amide bonds. The Kier molecular flexibility index (Phi) is 6.57. The Bertz CT molecular complexity index is 1150. The lowest BCUT2D eigenvalue weighted by atomic mass is 10.0. The smallest absolute Gasteiger partial charge is 0.246 e. The molecule has 1 aliphatic rings. The molecule has 2 heterocycles. The van der Waals surface area contributed by atoms with Crippen molar-refractivity contribution < 1.29 is 17.9 Å². The first-order chi connectivity index (χ1) is 15.4. The predicted octanol–water partition coefficient (Wildman–Crippen LogP) is 2.41. The summed E-state index contributed by atoms with van der Waals surface area (Å²) in [6.07, 6.45) is 3.58. The van der Waals surface area contributed by atoms with Gasteiger partial charge in [-0.25, -0.2) is 13.4 Å². The number of nitrogens with one attached hydrogen (secondary N) is 1. The highest BCUT2D eigenvalue weighted by Crippen LogP contribution is 2.25. The normalized spacial score (nSPS) is 16.9. The van der Waals surface area contributed by atoms with E-state index in [-0.39, 0.29) is 17.4 Å². The van der Waals surface area contributed by atoms with Gasteiger partial charge in [0.15, 0.2) is 9.84 Å². The minimum atomic E-state index is -3.04. The van der Waals surface area contributed by atoms with Gasteiger partial charge in [0.1, 0.15) is 24.2 Å². The molecular formula is C23H26N4O4S. The molecule has 32 heavy (non-hydrogen) atoms. The Morgan fingerprint density at radius 2 is 1.78 bits per heavy atom. The zero-order valence-corrected chi connectivity index (χ0v) is 18.7. The number of hydrogen-bond acceptors (Lipinski definition) is 6. The molecule has 0 bridgehead atoms. The second-order valence-electron chi connectivity index (χ2n) is 7.76. The van der Waals surface area contributed by atoms with E-state index in [2.05, 4.69) is 10.3 Å². The van der Waals surface area contributed by atoms with Crippen molar-refractivity contribution in [3.8, 4) is 5.75 Å². The Morgan fingerprint density at radius 1 is 1.09 bits per heavy atom. The zero-order valence-electron chi connectivity index (χ0n) is 17.8. The fraction of sp³-hybridized carbons (Fsp3) is 0.304. The lowest BCUT2D eigenvalue weighted by Gasteiger charge is -2.33. The maximum absolute atomic E-state index is 13.2. The fourth-order valence-corrected chi connectivity index (χ4v) is 4.91. The van der Waals surface area contributed by atoms with E-state index in [0.717, 1.165) is 11.4 Å². The second kappa shape index (κ2) is 9.54. The van der Waals surface area contributed by atoms with Crippen molar-refractivity contribution in [1.82, 2.24) is 14.5 Å². The number of hydrogen-bond donors (Lipinski definition) is 1. The van der Waals surface area contributed by atoms with Gasteiger partial charge in [-0.15, -0.1) is 0 Å². The van der Waals surface area contributed by atoms with E-state index >= 15 is 0 Å². The third-order valence-electron chi connectivity index (χ3n) is 5.52. The number of carbonyl (C=O) groups excluding carboxylic acids is 1. The van der Waals surface area contributed by atoms with Gasteiger partial charge in [-0.05, 0) is 29.8 Å². The first-order valence-corrected chi connectivity index (χ1v) is 12.2. The van der Waals surface area contributed by atoms with Crippen molar-refractivity contribution in [3.05, 3.63) is 78.4 Å². The van der Waals surface area contributed by atoms with Gasteiger partial charge in [0.05, 0.1) is 11.5 Å². The van der Waals surface area contributed by atoms with E-state index in [9.17, 15) is 13.2 Å². The number of imidazole rings is 1. The van der Waals surface area contributed by atoms with Crippen molar-refractivity contribution in [3.63, 3.8) is 0 Å². The summed E-state index contributed by atoms with van der Waals surface area (Å²) in [5, 5.41) is 2.96. The van der Waals surface area contributed by atoms with Crippen LogP contribution >= 0.6 is 0 Å². The van der Waals surface area contributed by atoms with Gasteiger partial charge in [-0.2, -0.15) is 0 Å². The molecule has 168 valence electrons. The van der Waals surface area contributed by atoms with Gasteiger partial charge in [-0.3, -0.25) is 9.69 Å². The Hall–Kier alpha value is -3.17. The fourth-order valence-electron chi connectivity index (χ4n) is 3.68. The average Bonchev–Trinajstić information content (AvgIpc) is 3.20. The standard InChI is InChI=1S/C23H26N4O4S/c1-26-12-11-24-21(26)17-31-20-9-7-19(8-10-20)25-23(28)22(18-5-3-2-4-6-18)27-13-15-32(29,30)16-14-27/h2-12,22H,13-17H2,1H3,(H,25,28). The largest absolute Gasteiger partial charge is 0.486 e. The van der Waals surface area contributed by atoms with Crippen molar-refractivity contribution in [2.75, 3.05) is 29.9 Å². The molecular weight excluding hydrogens is 428 g/mol. The highest BCUT2D eigenvalue weighted by atomic mass is 32.2. The monoisotopic (exact) mass is 454 g/mol. The molecule has 1 aliphatic heterocycles. The van der Waals surface area contributed by atoms with Crippen molar-refractivity contribution in [2.45, 2.75) is 12.6 Å². The summed E-state index contributed by atoms with van der Waals surface area (Å²) < 4.78 is 31.4. The van der Waals surface area contributed by atoms with Crippen LogP contribution in [0.1, 0.15) is 17.4 Å². The molecule has 3 aromatic rings. The summed E-state index contributed by atoms with van der Waals surface area (Å²) in [5.41, 5.74) is 1.48. The molecule has 1 fully saturated rings. The van der Waals surface area contributed by atoms with Gasteiger partial charge >= 0.3 is 0 Å². The Morgan fingerprint density at radius 3 is 2.41 bits per heavy atom. The molecule has 0 aliphatic carbocycles. The number of aryl methyl sites for hydroxylation is 1. The number of aromatic nitrogens is 2. The summed E-state index contributed by atoms with van der Waals surface area (Å²) in [5.74, 6) is 1.41. The van der Waals surface area contributed by atoms with Gasteiger partial charge in [0.2, 0.25) is 5.91 Å². The van der Waals surface area contributed by atoms with Gasteiger partial charge in [-0.1, -0.05) is 30.3 Å². The number of carbonyl (C=O) groups is 1. The predicted molar refractivity (Wildman–Crippen MR) is 122 cm³/mol. The second-order valence-corrected chi connectivity index (χ2v) is 10.1. The third kappa shape index (κ3) is 5.35. The number of ether oxygens (including phenoxy) is 1. The van der Waals surface area contributed by atoms with Crippen LogP contribution in [0.15, 0.2) is 67.0 Å². The van der Waals surface area contributed by atoms with E-state index < -0.39 is 15.9 Å². The summed E-state index contributed by atoms with van der Waals surface area (Å²) >= 11 is 0. The molecule has 1 aromatic heterocycles. The van der Waals surface area contributed by atoms with Crippen LogP contribution in [-0.4, -0.2) is 53.4 Å². The van der Waals surface area contributed by atoms with Crippen molar-refractivity contribution in [1.29, 1.82) is 0 Å². The number of sulfone groups is 1. The maximum Gasteiger partial charge on any atom is 0.246 e. The van der Waals surface area contributed by atoms with Crippen LogP contribution in [0.5, 0.6) is 5.75 Å². The molecule has 0 saturated carbocycles. The van der Waals surface area contributed by atoms with Crippen LogP contribution in [0, 0.1) is 0 Å². The van der Waals surface area contributed by atoms with Crippen LogP contribution in [-0.2, 0) is 28.3 Å². The summed E-state index contributed by atoms with van der Waals surface area (Å²) in [4.78, 5) is 19.4. The molecule has 1 unspecified atom stereocenters. The number of nitrogens with zero attached hydrogens (tertiary/aromatic N) is 3. The molecule has 0 radical (unpaired) electrons. The molecule has 1 saturated heterocycles. The van der Waals surface area contributed by atoms with E-state index in [1.165, 1.54) is 0 Å². The maximum atomic E-state index is 13.2. The molecule has 8 nitrogen and oxygen atoms in total. The minimum Gasteiger partial charge on any atom is -0.486 e. The van der Waals surface area contributed by atoms with E-state index in [0.29, 0.717) is 31.1 Å². The summed E-state index contributed by atoms with van der Waals surface area (Å²) in [7, 11) is -1.13. The highest BCUT2D eigenvalue weighted by molar-refractivity contribution is 7.91. The number of benzene rings is 2. The first-order valence-electron chi connectivity index (χ1n) is 10.4. The quantitative estimate of drug-likeness (QED) is 0.589. The van der Waals surface area contributed by atoms with Crippen LogP contribution in [0.4, 0.5) is 5.69 Å². The number of anilines is 1. The van der Waals surface area contributed by atoms with E-state index in [4.69, 9.17) is 4.74 Å². The molecule has 1 atom stereocenters. The highest BCUT2D eigenvalue weighted by Gasteiger charge is 2.32. The van der Waals surface area contributed by atoms with Crippen LogP contribution in [0.3, 0.4) is 0 Å². The number of rotatable bonds is 7. The average molecular weight is 455 g/mol. The lowest BCUT2D eigenvalue weighted by molar-refractivity contribution is -0.121. The topological polar surface area (TPSA) is 93.5 Å². The first kappa shape index (κ1) is 22.0. The van der Waals surface area contributed by atoms with Crippen molar-refractivity contribution in [2.24, 2.45) is 7.05 Å². The van der Waals surface area contributed by atoms with Crippen LogP contribution < -0.4 is 10.1 Å². The molecule has 4 rings (SSSR count). The SMILES string of the molecule is Cn1ccnc1COc1ccc(NC(=O)C(c2ccccc2)N2CCS(=O)(=O)CC2)cc1. The third-order valence-corrected chi connectivity index (χ3v) is 7.13. The molecule has 0 spiro atoms. The molecule has 2 aromatic carbocycles. The van der Waals surface area contributed by atoms with E-state index in [1.807, 2.05) is 53.0 Å². The molecule has 9 heteroatoms. The van der Waals surface area contributed by atoms with Crippen LogP contribution in [0.25, 0.3) is 0 Å². The van der Waals surface area contributed by atoms with Crippen LogP contribution in [0.2, 0.25) is 0 Å². The summed E-state index contributed by atoms with van der Waals surface area (Å²) in [6.45, 7) is 1.01. The minimum absolute atomic E-state index is 0.0612. The zero-order chi connectivity index (χ0) is 22.6. The van der Waals surface area contributed by atoms with Crippen molar-refractivity contribution >= 4 is 21.4 Å². The Balaban J connectivity index is 1.44. The Labute approximate surface area is 187 Å². The summed E-state index contributed by atoms with van der Waals surface area (Å²) in [6, 6.07) is 16.0. The van der Waals surface area contributed by atoms with Gasteiger partial charge in [0.25, 0.3) is 0 Å². The molecule has 1 N–H and O–H groups in total.